The largest absolute Gasteiger partial charge is 0.478 e. The van der Waals surface area contributed by atoms with Gasteiger partial charge in [-0.2, -0.15) is 5.10 Å². The first-order valence-electron chi connectivity index (χ1n) is 12.7. The first-order valence-corrected chi connectivity index (χ1v) is 12.7. The molecule has 1 saturated heterocycles. The topological polar surface area (TPSA) is 89.1 Å². The molecule has 2 aromatic carbocycles. The van der Waals surface area contributed by atoms with E-state index in [2.05, 4.69) is 56.7 Å². The summed E-state index contributed by atoms with van der Waals surface area (Å²) in [5.74, 6) is -0.753. The van der Waals surface area contributed by atoms with Gasteiger partial charge in [-0.25, -0.2) is 9.48 Å². The maximum Gasteiger partial charge on any atom is 0.339 e. The molecule has 1 aliphatic heterocycles. The smallest absolute Gasteiger partial charge is 0.339 e. The number of rotatable bonds is 7. The third-order valence-electron chi connectivity index (χ3n) is 7.38. The van der Waals surface area contributed by atoms with Crippen LogP contribution in [-0.2, 0) is 13.6 Å². The molecule has 8 nitrogen and oxygen atoms in total. The van der Waals surface area contributed by atoms with Crippen LogP contribution >= 0.6 is 0 Å². The number of likely N-dealkylation sites (tertiary alicyclic amines) is 1. The van der Waals surface area contributed by atoms with E-state index < -0.39 is 5.97 Å². The number of carboxylic acids is 1. The lowest BCUT2D eigenvalue weighted by Crippen LogP contribution is -2.29. The number of hydrogen-bond acceptors (Lipinski definition) is 5. The number of benzene rings is 2. The summed E-state index contributed by atoms with van der Waals surface area (Å²) in [4.78, 5) is 14.6. The zero-order valence-corrected chi connectivity index (χ0v) is 20.4. The van der Waals surface area contributed by atoms with Crippen LogP contribution in [0.15, 0.2) is 60.9 Å². The molecule has 2 aromatic heterocycles. The van der Waals surface area contributed by atoms with Gasteiger partial charge in [0.25, 0.3) is 0 Å². The molecule has 0 amide bonds. The molecule has 2 atom stereocenters. The zero-order valence-electron chi connectivity index (χ0n) is 20.4. The second-order valence-corrected chi connectivity index (χ2v) is 10.0. The standard InChI is InChI=1S/C28H30N6O2/c1-32-18-26(30-31-32)23-15-24(23)27-25(28(35)36)16-29-34(27)22-10-6-9-21(14-22)20-8-5-7-19(13-20)17-33-11-3-2-4-12-33/h5-10,13-14,16,18,23-24H,2-4,11-12,15,17H2,1H3,(H,35,36)/t23-,24-/m1/s1. The van der Waals surface area contributed by atoms with E-state index in [4.69, 9.17) is 0 Å². The fourth-order valence-electron chi connectivity index (χ4n) is 5.49. The van der Waals surface area contributed by atoms with Crippen molar-refractivity contribution in [1.29, 1.82) is 0 Å². The normalized spacial score (nSPS) is 19.9. The van der Waals surface area contributed by atoms with Gasteiger partial charge in [-0.3, -0.25) is 9.58 Å². The lowest BCUT2D eigenvalue weighted by molar-refractivity contribution is 0.0695. The predicted molar refractivity (Wildman–Crippen MR) is 136 cm³/mol. The molecule has 0 radical (unpaired) electrons. The van der Waals surface area contributed by atoms with Crippen molar-refractivity contribution in [3.8, 4) is 16.8 Å². The van der Waals surface area contributed by atoms with E-state index in [1.54, 1.807) is 9.36 Å². The Bertz CT molecular complexity index is 1400. The van der Waals surface area contributed by atoms with Crippen LogP contribution in [0.3, 0.4) is 0 Å². The Morgan fingerprint density at radius 1 is 1.03 bits per heavy atom. The van der Waals surface area contributed by atoms with E-state index in [-0.39, 0.29) is 17.4 Å². The Hall–Kier alpha value is -3.78. The van der Waals surface area contributed by atoms with Gasteiger partial charge >= 0.3 is 5.97 Å². The molecule has 2 fully saturated rings. The molecule has 1 N–H and O–H groups in total. The van der Waals surface area contributed by atoms with Crippen molar-refractivity contribution in [2.24, 2.45) is 7.05 Å². The molecular formula is C28H30N6O2. The highest BCUT2D eigenvalue weighted by atomic mass is 16.4. The van der Waals surface area contributed by atoms with Gasteiger partial charge in [0.2, 0.25) is 0 Å². The Kier molecular flexibility index (Phi) is 5.89. The highest BCUT2D eigenvalue weighted by Crippen LogP contribution is 2.55. The number of aromatic carboxylic acids is 1. The van der Waals surface area contributed by atoms with Crippen molar-refractivity contribution >= 4 is 5.97 Å². The maximum atomic E-state index is 12.0. The summed E-state index contributed by atoms with van der Waals surface area (Å²) in [5.41, 5.74) is 6.30. The minimum absolute atomic E-state index is 0.0480. The van der Waals surface area contributed by atoms with Crippen LogP contribution in [0, 0.1) is 0 Å². The Morgan fingerprint density at radius 2 is 1.81 bits per heavy atom. The second kappa shape index (κ2) is 9.35. The minimum Gasteiger partial charge on any atom is -0.478 e. The van der Waals surface area contributed by atoms with Crippen molar-refractivity contribution in [2.45, 2.75) is 44.1 Å². The van der Waals surface area contributed by atoms with Crippen LogP contribution < -0.4 is 0 Å². The molecule has 2 aliphatic rings. The molecular weight excluding hydrogens is 452 g/mol. The van der Waals surface area contributed by atoms with Crippen molar-refractivity contribution in [3.63, 3.8) is 0 Å². The van der Waals surface area contributed by atoms with Crippen molar-refractivity contribution < 1.29 is 9.90 Å². The molecule has 0 unspecified atom stereocenters. The van der Waals surface area contributed by atoms with E-state index in [1.807, 2.05) is 25.4 Å². The summed E-state index contributed by atoms with van der Waals surface area (Å²) in [5, 5.41) is 22.7. The quantitative estimate of drug-likeness (QED) is 0.413. The van der Waals surface area contributed by atoms with Gasteiger partial charge in [-0.05, 0) is 67.2 Å². The summed E-state index contributed by atoms with van der Waals surface area (Å²) >= 11 is 0. The van der Waals surface area contributed by atoms with E-state index >= 15 is 0 Å². The van der Waals surface area contributed by atoms with Gasteiger partial charge in [0.15, 0.2) is 0 Å². The van der Waals surface area contributed by atoms with Crippen LogP contribution in [0.2, 0.25) is 0 Å². The predicted octanol–water partition coefficient (Wildman–Crippen LogP) is 4.62. The molecule has 1 aliphatic carbocycles. The summed E-state index contributed by atoms with van der Waals surface area (Å²) in [6, 6.07) is 16.9. The average Bonchev–Trinajstić information content (AvgIpc) is 3.34. The Morgan fingerprint density at radius 3 is 2.56 bits per heavy atom. The SMILES string of the molecule is Cn1cc([C@@H]2C[C@H]2c2c(C(=O)O)cnn2-c2cccc(-c3cccc(CN4CCCCC4)c3)c2)nn1. The van der Waals surface area contributed by atoms with Crippen LogP contribution in [-0.4, -0.2) is 53.8 Å². The van der Waals surface area contributed by atoms with Gasteiger partial charge in [-0.1, -0.05) is 42.0 Å². The van der Waals surface area contributed by atoms with Crippen LogP contribution in [0.1, 0.15) is 64.8 Å². The lowest BCUT2D eigenvalue weighted by atomic mass is 10.0. The maximum absolute atomic E-state index is 12.0. The highest BCUT2D eigenvalue weighted by Gasteiger charge is 2.46. The fraction of sp³-hybridized carbons (Fsp3) is 0.357. The number of carbonyl (C=O) groups is 1. The summed E-state index contributed by atoms with van der Waals surface area (Å²) in [6.07, 6.45) is 8.11. The minimum atomic E-state index is -0.956. The van der Waals surface area contributed by atoms with Crippen molar-refractivity contribution in [2.75, 3.05) is 13.1 Å². The molecule has 6 rings (SSSR count). The molecule has 0 bridgehead atoms. The zero-order chi connectivity index (χ0) is 24.6. The molecule has 3 heterocycles. The second-order valence-electron chi connectivity index (χ2n) is 10.0. The summed E-state index contributed by atoms with van der Waals surface area (Å²) < 4.78 is 3.48. The van der Waals surface area contributed by atoms with Crippen molar-refractivity contribution in [1.82, 2.24) is 29.7 Å². The number of carboxylic acid groups (broad SMARTS) is 1. The lowest BCUT2D eigenvalue weighted by Gasteiger charge is -2.26. The fourth-order valence-corrected chi connectivity index (χ4v) is 5.49. The van der Waals surface area contributed by atoms with E-state index in [0.29, 0.717) is 0 Å². The third kappa shape index (κ3) is 4.44. The number of aryl methyl sites for hydroxylation is 1. The first-order chi connectivity index (χ1) is 17.6. The molecule has 184 valence electrons. The number of piperidine rings is 1. The summed E-state index contributed by atoms with van der Waals surface area (Å²) in [7, 11) is 1.84. The number of nitrogens with zero attached hydrogens (tertiary/aromatic N) is 6. The average molecular weight is 483 g/mol. The van der Waals surface area contributed by atoms with E-state index in [9.17, 15) is 9.90 Å². The van der Waals surface area contributed by atoms with Crippen LogP contribution in [0.5, 0.6) is 0 Å². The molecule has 0 spiro atoms. The molecule has 36 heavy (non-hydrogen) atoms. The Labute approximate surface area is 210 Å². The van der Waals surface area contributed by atoms with Crippen molar-refractivity contribution in [3.05, 3.63) is 83.4 Å². The van der Waals surface area contributed by atoms with E-state index in [0.717, 1.165) is 41.2 Å². The first kappa shape index (κ1) is 22.7. The Balaban J connectivity index is 1.31. The van der Waals surface area contributed by atoms with Crippen LogP contribution in [0.4, 0.5) is 0 Å². The van der Waals surface area contributed by atoms with E-state index in [1.165, 1.54) is 44.1 Å². The monoisotopic (exact) mass is 482 g/mol. The summed E-state index contributed by atoms with van der Waals surface area (Å²) in [6.45, 7) is 3.32. The molecule has 4 aromatic rings. The number of aromatic nitrogens is 5. The number of hydrogen-bond donors (Lipinski definition) is 1. The van der Waals surface area contributed by atoms with Gasteiger partial charge in [0.05, 0.1) is 23.3 Å². The van der Waals surface area contributed by atoms with Gasteiger partial charge in [0.1, 0.15) is 5.56 Å². The molecule has 1 saturated carbocycles. The van der Waals surface area contributed by atoms with Gasteiger partial charge < -0.3 is 5.11 Å². The third-order valence-corrected chi connectivity index (χ3v) is 7.38. The van der Waals surface area contributed by atoms with Crippen LogP contribution in [0.25, 0.3) is 16.8 Å². The van der Waals surface area contributed by atoms with Gasteiger partial charge in [-0.15, -0.1) is 5.10 Å². The highest BCUT2D eigenvalue weighted by molar-refractivity contribution is 5.89. The van der Waals surface area contributed by atoms with Gasteiger partial charge in [0, 0.05) is 31.6 Å². The molecule has 8 heteroatoms.